The number of carbonyl (C=O) groups is 1. The number of nitrogens with one attached hydrogen (secondary N) is 1. The van der Waals surface area contributed by atoms with Crippen molar-refractivity contribution in [2.75, 3.05) is 44.2 Å². The average Bonchev–Trinajstić information content (AvgIpc) is 3.31. The summed E-state index contributed by atoms with van der Waals surface area (Å²) in [4.78, 5) is 17.3. The molecule has 2 aromatic carbocycles. The maximum absolute atomic E-state index is 13.5. The third-order valence-electron chi connectivity index (χ3n) is 7.41. The second kappa shape index (κ2) is 11.3. The Hall–Kier alpha value is -2.77. The van der Waals surface area contributed by atoms with Crippen molar-refractivity contribution in [3.8, 4) is 0 Å². The molecular weight excluding hydrogens is 459 g/mol. The van der Waals surface area contributed by atoms with Crippen LogP contribution in [-0.4, -0.2) is 54.4 Å². The summed E-state index contributed by atoms with van der Waals surface area (Å²) in [5.41, 5.74) is 1.04. The molecule has 1 aliphatic carbocycles. The molecule has 0 radical (unpaired) electrons. The molecule has 2 atom stereocenters. The van der Waals surface area contributed by atoms with Gasteiger partial charge in [0, 0.05) is 50.7 Å². The maximum Gasteiger partial charge on any atom is 0.244 e. The molecular formula is C28H33FN4OS. The Morgan fingerprint density at radius 1 is 1.06 bits per heavy atom. The number of rotatable bonds is 7. The number of halogens is 1. The Balaban J connectivity index is 1.11. The van der Waals surface area contributed by atoms with Crippen LogP contribution in [0.25, 0.3) is 16.2 Å². The third kappa shape index (κ3) is 6.08. The molecule has 3 aromatic rings. The minimum Gasteiger partial charge on any atom is -0.353 e. The van der Waals surface area contributed by atoms with E-state index < -0.39 is 0 Å². The second-order valence-electron chi connectivity index (χ2n) is 9.73. The van der Waals surface area contributed by atoms with E-state index in [1.165, 1.54) is 43.3 Å². The molecule has 5 nitrogen and oxygen atoms in total. The predicted octanol–water partition coefficient (Wildman–Crippen LogP) is 5.19. The Bertz CT molecular complexity index is 1160. The summed E-state index contributed by atoms with van der Waals surface area (Å²) < 4.78 is 19.1. The van der Waals surface area contributed by atoms with E-state index in [9.17, 15) is 9.18 Å². The van der Waals surface area contributed by atoms with E-state index in [2.05, 4.69) is 19.5 Å². The third-order valence-corrected chi connectivity index (χ3v) is 8.21. The summed E-state index contributed by atoms with van der Waals surface area (Å²) in [5.74, 6) is 1.93. The van der Waals surface area contributed by atoms with Crippen LogP contribution in [0.1, 0.15) is 31.2 Å². The van der Waals surface area contributed by atoms with Gasteiger partial charge in [-0.3, -0.25) is 9.69 Å². The minimum atomic E-state index is -0.206. The van der Waals surface area contributed by atoms with Gasteiger partial charge >= 0.3 is 0 Å². The van der Waals surface area contributed by atoms with Crippen molar-refractivity contribution in [2.45, 2.75) is 25.7 Å². The summed E-state index contributed by atoms with van der Waals surface area (Å²) in [6.07, 6.45) is 8.47. The number of hydrogen-bond donors (Lipinski definition) is 1. The standard InChI is InChI=1S/C28H33FN4OS/c29-24-11-12-25-26(18-24)35-31-28(25)33-16-14-32(15-17-33)20-23-9-5-4-8-22(23)19-30-27(34)13-10-21-6-2-1-3-7-21/h1-3,6-7,10-13,18,22-23H,4-5,8-9,14-17,19-20H2,(H,30,34)/t22-,23-/m0/s1. The molecule has 1 aliphatic heterocycles. The number of fused-ring (bicyclic) bond motifs is 1. The normalized spacial score (nSPS) is 21.6. The van der Waals surface area contributed by atoms with Crippen LogP contribution in [0.15, 0.2) is 54.6 Å². The van der Waals surface area contributed by atoms with Crippen LogP contribution in [0.4, 0.5) is 10.2 Å². The van der Waals surface area contributed by atoms with Gasteiger partial charge in [0.2, 0.25) is 5.91 Å². The lowest BCUT2D eigenvalue weighted by Gasteiger charge is -2.40. The monoisotopic (exact) mass is 492 g/mol. The highest BCUT2D eigenvalue weighted by molar-refractivity contribution is 7.13. The number of carbonyl (C=O) groups excluding carboxylic acids is 1. The van der Waals surface area contributed by atoms with E-state index in [1.54, 1.807) is 12.1 Å². The fourth-order valence-electron chi connectivity index (χ4n) is 5.42. The first kappa shape index (κ1) is 23.9. The molecule has 2 aliphatic rings. The highest BCUT2D eigenvalue weighted by Crippen LogP contribution is 2.33. The molecule has 184 valence electrons. The van der Waals surface area contributed by atoms with Gasteiger partial charge in [-0.15, -0.1) is 0 Å². The van der Waals surface area contributed by atoms with Crippen LogP contribution >= 0.6 is 11.5 Å². The van der Waals surface area contributed by atoms with Crippen LogP contribution in [0.3, 0.4) is 0 Å². The van der Waals surface area contributed by atoms with Crippen molar-refractivity contribution in [3.05, 3.63) is 66.0 Å². The Kier molecular flexibility index (Phi) is 7.74. The minimum absolute atomic E-state index is 0.0119. The number of amides is 1. The molecule has 0 bridgehead atoms. The van der Waals surface area contributed by atoms with Gasteiger partial charge in [0.05, 0.1) is 4.70 Å². The second-order valence-corrected chi connectivity index (χ2v) is 10.5. The summed E-state index contributed by atoms with van der Waals surface area (Å²) in [6.45, 7) is 5.75. The zero-order chi connectivity index (χ0) is 24.0. The molecule has 0 unspecified atom stereocenters. The molecule has 2 heterocycles. The van der Waals surface area contributed by atoms with E-state index in [1.807, 2.05) is 42.5 Å². The Morgan fingerprint density at radius 2 is 1.83 bits per heavy atom. The summed E-state index contributed by atoms with van der Waals surface area (Å²) in [6, 6.07) is 14.9. The van der Waals surface area contributed by atoms with Gasteiger partial charge in [0.1, 0.15) is 11.6 Å². The van der Waals surface area contributed by atoms with Crippen molar-refractivity contribution < 1.29 is 9.18 Å². The molecule has 7 heteroatoms. The van der Waals surface area contributed by atoms with Crippen molar-refractivity contribution in [3.63, 3.8) is 0 Å². The summed E-state index contributed by atoms with van der Waals surface area (Å²) >= 11 is 1.38. The van der Waals surface area contributed by atoms with E-state index in [0.29, 0.717) is 11.8 Å². The predicted molar refractivity (Wildman–Crippen MR) is 142 cm³/mol. The van der Waals surface area contributed by atoms with Crippen molar-refractivity contribution in [1.82, 2.24) is 14.6 Å². The number of piperazine rings is 1. The fourth-order valence-corrected chi connectivity index (χ4v) is 6.24. The van der Waals surface area contributed by atoms with E-state index >= 15 is 0 Å². The molecule has 0 spiro atoms. The van der Waals surface area contributed by atoms with Gasteiger partial charge < -0.3 is 10.2 Å². The van der Waals surface area contributed by atoms with Gasteiger partial charge in [-0.25, -0.2) is 4.39 Å². The van der Waals surface area contributed by atoms with Crippen LogP contribution < -0.4 is 10.2 Å². The number of benzene rings is 2. The Morgan fingerprint density at radius 3 is 2.63 bits per heavy atom. The van der Waals surface area contributed by atoms with E-state index in [-0.39, 0.29) is 11.7 Å². The molecule has 35 heavy (non-hydrogen) atoms. The smallest absolute Gasteiger partial charge is 0.244 e. The highest BCUT2D eigenvalue weighted by atomic mass is 32.1. The molecule has 1 aromatic heterocycles. The van der Waals surface area contributed by atoms with Crippen LogP contribution in [0.5, 0.6) is 0 Å². The van der Waals surface area contributed by atoms with Crippen molar-refractivity contribution >= 4 is 39.4 Å². The lowest BCUT2D eigenvalue weighted by molar-refractivity contribution is -0.116. The largest absolute Gasteiger partial charge is 0.353 e. The molecule has 1 N–H and O–H groups in total. The van der Waals surface area contributed by atoms with Gasteiger partial charge in [-0.05, 0) is 66.0 Å². The van der Waals surface area contributed by atoms with Crippen LogP contribution in [0.2, 0.25) is 0 Å². The van der Waals surface area contributed by atoms with Gasteiger partial charge in [-0.2, -0.15) is 4.37 Å². The SMILES string of the molecule is O=C(C=Cc1ccccc1)NC[C@@H]1CCCC[C@H]1CN1CCN(c2nsc3cc(F)ccc23)CC1. The lowest BCUT2D eigenvalue weighted by Crippen LogP contribution is -2.49. The maximum atomic E-state index is 13.5. The summed E-state index contributed by atoms with van der Waals surface area (Å²) in [5, 5.41) is 4.20. The van der Waals surface area contributed by atoms with Crippen molar-refractivity contribution in [2.24, 2.45) is 11.8 Å². The topological polar surface area (TPSA) is 48.5 Å². The van der Waals surface area contributed by atoms with Gasteiger partial charge in [0.25, 0.3) is 0 Å². The highest BCUT2D eigenvalue weighted by Gasteiger charge is 2.29. The number of hydrogen-bond acceptors (Lipinski definition) is 5. The lowest BCUT2D eigenvalue weighted by atomic mass is 9.78. The van der Waals surface area contributed by atoms with E-state index in [0.717, 1.165) is 60.7 Å². The molecule has 2 fully saturated rings. The molecule has 1 saturated carbocycles. The van der Waals surface area contributed by atoms with Crippen molar-refractivity contribution in [1.29, 1.82) is 0 Å². The fraction of sp³-hybridized carbons (Fsp3) is 0.429. The van der Waals surface area contributed by atoms with Gasteiger partial charge in [0.15, 0.2) is 0 Å². The zero-order valence-electron chi connectivity index (χ0n) is 20.0. The molecule has 5 rings (SSSR count). The zero-order valence-corrected chi connectivity index (χ0v) is 20.9. The van der Waals surface area contributed by atoms with Gasteiger partial charge in [-0.1, -0.05) is 43.2 Å². The first-order valence-corrected chi connectivity index (χ1v) is 13.5. The molecule has 1 amide bonds. The first-order valence-electron chi connectivity index (χ1n) is 12.7. The number of nitrogens with zero attached hydrogens (tertiary/aromatic N) is 3. The van der Waals surface area contributed by atoms with Crippen LogP contribution in [-0.2, 0) is 4.79 Å². The number of aromatic nitrogens is 1. The quantitative estimate of drug-likeness (QED) is 0.461. The first-order chi connectivity index (χ1) is 17.2. The summed E-state index contributed by atoms with van der Waals surface area (Å²) in [7, 11) is 0. The Labute approximate surface area is 210 Å². The average molecular weight is 493 g/mol. The number of anilines is 1. The van der Waals surface area contributed by atoms with E-state index in [4.69, 9.17) is 0 Å². The molecule has 1 saturated heterocycles. The van der Waals surface area contributed by atoms with Crippen LogP contribution in [0, 0.1) is 17.7 Å².